The summed E-state index contributed by atoms with van der Waals surface area (Å²) in [6.45, 7) is 1.48. The molecule has 1 amide bonds. The van der Waals surface area contributed by atoms with Gasteiger partial charge in [0.05, 0.1) is 17.1 Å². The van der Waals surface area contributed by atoms with E-state index in [0.717, 1.165) is 5.52 Å². The van der Waals surface area contributed by atoms with E-state index in [0.29, 0.717) is 27.2 Å². The van der Waals surface area contributed by atoms with E-state index in [2.05, 4.69) is 10.3 Å². The number of amides is 1. The smallest absolute Gasteiger partial charge is 0.307 e. The number of hydrogen-bond donors (Lipinski definition) is 1. The zero-order chi connectivity index (χ0) is 19.4. The molecule has 1 heterocycles. The van der Waals surface area contributed by atoms with Crippen LogP contribution in [0.25, 0.3) is 11.1 Å². The van der Waals surface area contributed by atoms with Crippen molar-refractivity contribution in [3.8, 4) is 0 Å². The Hall–Kier alpha value is -2.57. The third-order valence-corrected chi connectivity index (χ3v) is 4.31. The average Bonchev–Trinajstić information content (AvgIpc) is 3.06. The van der Waals surface area contributed by atoms with Crippen molar-refractivity contribution in [1.82, 2.24) is 4.98 Å². The van der Waals surface area contributed by atoms with Gasteiger partial charge < -0.3 is 14.5 Å². The van der Waals surface area contributed by atoms with Crippen LogP contribution in [-0.2, 0) is 20.7 Å². The summed E-state index contributed by atoms with van der Waals surface area (Å²) in [6, 6.07) is 12.0. The third kappa shape index (κ3) is 4.99. The number of halogens is 2. The number of ether oxygens (including phenoxy) is 1. The van der Waals surface area contributed by atoms with Gasteiger partial charge in [0.1, 0.15) is 5.52 Å². The fourth-order valence-electron chi connectivity index (χ4n) is 2.37. The van der Waals surface area contributed by atoms with Crippen molar-refractivity contribution in [2.24, 2.45) is 0 Å². The van der Waals surface area contributed by atoms with Crippen LogP contribution < -0.4 is 5.32 Å². The number of nitrogens with zero attached hydrogens (tertiary/aromatic N) is 1. The Morgan fingerprint density at radius 2 is 2.00 bits per heavy atom. The Labute approximate surface area is 165 Å². The van der Waals surface area contributed by atoms with Crippen molar-refractivity contribution in [1.29, 1.82) is 0 Å². The first-order valence-corrected chi connectivity index (χ1v) is 8.98. The molecule has 0 radical (unpaired) electrons. The molecule has 0 bridgehead atoms. The molecule has 0 aliphatic carbocycles. The normalized spacial score (nSPS) is 12.0. The first-order valence-electron chi connectivity index (χ1n) is 8.22. The number of carbonyl (C=O) groups excluding carboxylic acids is 2. The summed E-state index contributed by atoms with van der Waals surface area (Å²) < 4.78 is 10.7. The van der Waals surface area contributed by atoms with Gasteiger partial charge in [0.2, 0.25) is 0 Å². The lowest BCUT2D eigenvalue weighted by atomic mass is 10.3. The fourth-order valence-corrected chi connectivity index (χ4v) is 2.71. The molecule has 1 N–H and O–H groups in total. The molecule has 1 aromatic heterocycles. The van der Waals surface area contributed by atoms with E-state index in [4.69, 9.17) is 32.4 Å². The lowest BCUT2D eigenvalue weighted by Gasteiger charge is -2.14. The molecular weight excluding hydrogens is 391 g/mol. The molecule has 0 saturated heterocycles. The van der Waals surface area contributed by atoms with E-state index in [1.165, 1.54) is 13.0 Å². The van der Waals surface area contributed by atoms with Crippen molar-refractivity contribution in [3.05, 3.63) is 58.4 Å². The molecule has 3 rings (SSSR count). The van der Waals surface area contributed by atoms with Crippen molar-refractivity contribution < 1.29 is 18.7 Å². The number of esters is 1. The summed E-state index contributed by atoms with van der Waals surface area (Å²) in [5.41, 5.74) is 1.74. The van der Waals surface area contributed by atoms with Gasteiger partial charge in [-0.15, -0.1) is 0 Å². The molecule has 0 aliphatic heterocycles. The molecule has 27 heavy (non-hydrogen) atoms. The molecule has 0 saturated carbocycles. The molecule has 1 atom stereocenters. The van der Waals surface area contributed by atoms with Crippen LogP contribution in [0.15, 0.2) is 46.9 Å². The second-order valence-electron chi connectivity index (χ2n) is 5.82. The van der Waals surface area contributed by atoms with Crippen LogP contribution in [-0.4, -0.2) is 23.0 Å². The maximum atomic E-state index is 12.2. The second-order valence-corrected chi connectivity index (χ2v) is 6.66. The lowest BCUT2D eigenvalue weighted by molar-refractivity contribution is -0.153. The van der Waals surface area contributed by atoms with E-state index >= 15 is 0 Å². The largest absolute Gasteiger partial charge is 0.453 e. The van der Waals surface area contributed by atoms with E-state index in [1.54, 1.807) is 18.2 Å². The van der Waals surface area contributed by atoms with E-state index in [1.807, 2.05) is 18.2 Å². The van der Waals surface area contributed by atoms with Crippen molar-refractivity contribution in [3.63, 3.8) is 0 Å². The SMILES string of the molecule is C[C@@H](OC(=O)CCc1nc2ccccc2o1)C(=O)Nc1cc(Cl)ccc1Cl. The number of rotatable bonds is 6. The average molecular weight is 407 g/mol. The molecule has 8 heteroatoms. The molecule has 140 valence electrons. The Bertz CT molecular complexity index is 954. The van der Waals surface area contributed by atoms with Gasteiger partial charge in [-0.3, -0.25) is 9.59 Å². The number of oxazole rings is 1. The Kier molecular flexibility index (Phi) is 5.98. The quantitative estimate of drug-likeness (QED) is 0.603. The minimum absolute atomic E-state index is 0.0440. The van der Waals surface area contributed by atoms with Crippen LogP contribution in [0.1, 0.15) is 19.2 Å². The van der Waals surface area contributed by atoms with Crippen molar-refractivity contribution in [2.45, 2.75) is 25.9 Å². The first kappa shape index (κ1) is 19.2. The van der Waals surface area contributed by atoms with Crippen LogP contribution in [0.2, 0.25) is 10.0 Å². The second kappa shape index (κ2) is 8.41. The summed E-state index contributed by atoms with van der Waals surface area (Å²) in [5, 5.41) is 3.35. The number of anilines is 1. The molecule has 0 fully saturated rings. The number of nitrogens with one attached hydrogen (secondary N) is 1. The van der Waals surface area contributed by atoms with Gasteiger partial charge in [-0.2, -0.15) is 0 Å². The molecule has 0 unspecified atom stereocenters. The van der Waals surface area contributed by atoms with Crippen LogP contribution in [0.3, 0.4) is 0 Å². The van der Waals surface area contributed by atoms with Gasteiger partial charge in [0, 0.05) is 11.4 Å². The monoisotopic (exact) mass is 406 g/mol. The Morgan fingerprint density at radius 1 is 1.22 bits per heavy atom. The highest BCUT2D eigenvalue weighted by Gasteiger charge is 2.19. The molecular formula is C19H16Cl2N2O4. The Morgan fingerprint density at radius 3 is 2.78 bits per heavy atom. The Balaban J connectivity index is 1.52. The number of fused-ring (bicyclic) bond motifs is 1. The van der Waals surface area contributed by atoms with Gasteiger partial charge in [0.25, 0.3) is 5.91 Å². The van der Waals surface area contributed by atoms with Crippen LogP contribution in [0.5, 0.6) is 0 Å². The number of hydrogen-bond acceptors (Lipinski definition) is 5. The predicted octanol–water partition coefficient (Wildman–Crippen LogP) is 4.64. The molecule has 2 aromatic carbocycles. The number of carbonyl (C=O) groups is 2. The number of benzene rings is 2. The molecule has 3 aromatic rings. The number of aryl methyl sites for hydroxylation is 1. The predicted molar refractivity (Wildman–Crippen MR) is 103 cm³/mol. The van der Waals surface area contributed by atoms with Gasteiger partial charge >= 0.3 is 5.97 Å². The zero-order valence-corrected chi connectivity index (χ0v) is 15.9. The summed E-state index contributed by atoms with van der Waals surface area (Å²) in [5.74, 6) is -0.595. The first-order chi connectivity index (χ1) is 12.9. The highest BCUT2D eigenvalue weighted by Crippen LogP contribution is 2.25. The van der Waals surface area contributed by atoms with Crippen LogP contribution in [0, 0.1) is 0 Å². The molecule has 0 spiro atoms. The highest BCUT2D eigenvalue weighted by molar-refractivity contribution is 6.35. The van der Waals surface area contributed by atoms with E-state index in [9.17, 15) is 9.59 Å². The van der Waals surface area contributed by atoms with Crippen molar-refractivity contribution in [2.75, 3.05) is 5.32 Å². The summed E-state index contributed by atoms with van der Waals surface area (Å²) >= 11 is 11.9. The standard InChI is InChI=1S/C19H16Cl2N2O4/c1-11(19(25)23-15-10-12(20)6-7-13(15)21)26-18(24)9-8-17-22-14-4-2-3-5-16(14)27-17/h2-7,10-11H,8-9H2,1H3,(H,23,25)/t11-/m1/s1. The fraction of sp³-hybridized carbons (Fsp3) is 0.211. The van der Waals surface area contributed by atoms with Crippen molar-refractivity contribution >= 4 is 51.9 Å². The van der Waals surface area contributed by atoms with Gasteiger partial charge in [-0.1, -0.05) is 35.3 Å². The summed E-state index contributed by atoms with van der Waals surface area (Å²) in [4.78, 5) is 28.5. The number of para-hydroxylation sites is 2. The number of aromatic nitrogens is 1. The van der Waals surface area contributed by atoms with Crippen LogP contribution >= 0.6 is 23.2 Å². The molecule has 6 nitrogen and oxygen atoms in total. The van der Waals surface area contributed by atoms with E-state index < -0.39 is 18.0 Å². The maximum Gasteiger partial charge on any atom is 0.307 e. The van der Waals surface area contributed by atoms with Crippen LogP contribution in [0.4, 0.5) is 5.69 Å². The lowest BCUT2D eigenvalue weighted by Crippen LogP contribution is -2.30. The minimum atomic E-state index is -0.990. The maximum absolute atomic E-state index is 12.2. The van der Waals surface area contributed by atoms with E-state index in [-0.39, 0.29) is 12.8 Å². The highest BCUT2D eigenvalue weighted by atomic mass is 35.5. The summed E-state index contributed by atoms with van der Waals surface area (Å²) in [6.07, 6.45) is -0.666. The topological polar surface area (TPSA) is 81.4 Å². The van der Waals surface area contributed by atoms with Gasteiger partial charge in [0.15, 0.2) is 17.6 Å². The minimum Gasteiger partial charge on any atom is -0.453 e. The van der Waals surface area contributed by atoms with Gasteiger partial charge in [-0.25, -0.2) is 4.98 Å². The zero-order valence-electron chi connectivity index (χ0n) is 14.4. The third-order valence-electron chi connectivity index (χ3n) is 3.74. The molecule has 0 aliphatic rings. The summed E-state index contributed by atoms with van der Waals surface area (Å²) in [7, 11) is 0. The van der Waals surface area contributed by atoms with Gasteiger partial charge in [-0.05, 0) is 37.3 Å².